The average Bonchev–Trinajstić information content (AvgIpc) is 2.81. The lowest BCUT2D eigenvalue weighted by molar-refractivity contribution is 0.612. The summed E-state index contributed by atoms with van der Waals surface area (Å²) in [6, 6.07) is 17.0. The van der Waals surface area contributed by atoms with Crippen molar-refractivity contribution in [2.24, 2.45) is 0 Å². The van der Waals surface area contributed by atoms with Crippen molar-refractivity contribution in [2.45, 2.75) is 19.3 Å². The first kappa shape index (κ1) is 12.5. The summed E-state index contributed by atoms with van der Waals surface area (Å²) in [7, 11) is 0. The summed E-state index contributed by atoms with van der Waals surface area (Å²) in [5.74, 6) is 0. The molecule has 1 heterocycles. The zero-order chi connectivity index (χ0) is 13.5. The Labute approximate surface area is 121 Å². The maximum absolute atomic E-state index is 5.48. The van der Waals surface area contributed by atoms with Gasteiger partial charge in [0.25, 0.3) is 0 Å². The predicted molar refractivity (Wildman–Crippen MR) is 82.5 cm³/mol. The van der Waals surface area contributed by atoms with Crippen molar-refractivity contribution >= 4 is 26.9 Å². The van der Waals surface area contributed by atoms with E-state index in [4.69, 9.17) is 4.42 Å². The van der Waals surface area contributed by atoms with Gasteiger partial charge in [0.2, 0.25) is 0 Å². The van der Waals surface area contributed by atoms with Crippen LogP contribution in [0.25, 0.3) is 11.0 Å². The van der Waals surface area contributed by atoms with Crippen LogP contribution in [0.3, 0.4) is 0 Å². The SMILES string of the molecule is CC(C)(c1ccccc1)c1ccc2occ(Br)c2c1. The molecule has 0 bridgehead atoms. The smallest absolute Gasteiger partial charge is 0.135 e. The molecule has 0 unspecified atom stereocenters. The van der Waals surface area contributed by atoms with E-state index >= 15 is 0 Å². The highest BCUT2D eigenvalue weighted by atomic mass is 79.9. The molecule has 0 fully saturated rings. The fraction of sp³-hybridized carbons (Fsp3) is 0.176. The van der Waals surface area contributed by atoms with E-state index in [-0.39, 0.29) is 5.41 Å². The highest BCUT2D eigenvalue weighted by Gasteiger charge is 2.23. The zero-order valence-corrected chi connectivity index (χ0v) is 12.6. The van der Waals surface area contributed by atoms with E-state index in [1.54, 1.807) is 6.26 Å². The second-order valence-electron chi connectivity index (χ2n) is 5.29. The fourth-order valence-corrected chi connectivity index (χ4v) is 2.81. The van der Waals surface area contributed by atoms with Gasteiger partial charge in [-0.25, -0.2) is 0 Å². The molecule has 0 N–H and O–H groups in total. The third-order valence-corrected chi connectivity index (χ3v) is 4.36. The Kier molecular flexibility index (Phi) is 2.98. The molecule has 1 aromatic heterocycles. The highest BCUT2D eigenvalue weighted by molar-refractivity contribution is 9.10. The van der Waals surface area contributed by atoms with Gasteiger partial charge in [-0.15, -0.1) is 0 Å². The van der Waals surface area contributed by atoms with Gasteiger partial charge < -0.3 is 4.42 Å². The lowest BCUT2D eigenvalue weighted by atomic mass is 9.78. The number of hydrogen-bond acceptors (Lipinski definition) is 1. The van der Waals surface area contributed by atoms with Crippen LogP contribution < -0.4 is 0 Å². The maximum Gasteiger partial charge on any atom is 0.135 e. The summed E-state index contributed by atoms with van der Waals surface area (Å²) < 4.78 is 6.48. The molecule has 2 aromatic carbocycles. The van der Waals surface area contributed by atoms with Crippen molar-refractivity contribution in [3.63, 3.8) is 0 Å². The van der Waals surface area contributed by atoms with Gasteiger partial charge in [0.05, 0.1) is 4.47 Å². The number of furan rings is 1. The van der Waals surface area contributed by atoms with Crippen LogP contribution >= 0.6 is 15.9 Å². The van der Waals surface area contributed by atoms with Crippen molar-refractivity contribution in [2.75, 3.05) is 0 Å². The summed E-state index contributed by atoms with van der Waals surface area (Å²) in [4.78, 5) is 0. The second-order valence-corrected chi connectivity index (χ2v) is 6.14. The van der Waals surface area contributed by atoms with E-state index in [2.05, 4.69) is 72.2 Å². The van der Waals surface area contributed by atoms with Gasteiger partial charge in [0.1, 0.15) is 11.8 Å². The largest absolute Gasteiger partial charge is 0.463 e. The van der Waals surface area contributed by atoms with Crippen LogP contribution in [0.1, 0.15) is 25.0 Å². The Morgan fingerprint density at radius 1 is 0.947 bits per heavy atom. The number of hydrogen-bond donors (Lipinski definition) is 0. The first-order valence-electron chi connectivity index (χ1n) is 6.32. The molecule has 2 heteroatoms. The number of fused-ring (bicyclic) bond motifs is 1. The van der Waals surface area contributed by atoms with Crippen LogP contribution in [0.5, 0.6) is 0 Å². The van der Waals surface area contributed by atoms with Crippen LogP contribution in [0.4, 0.5) is 0 Å². The van der Waals surface area contributed by atoms with Gasteiger partial charge in [-0.05, 0) is 39.2 Å². The second kappa shape index (κ2) is 4.53. The van der Waals surface area contributed by atoms with Crippen LogP contribution in [-0.4, -0.2) is 0 Å². The van der Waals surface area contributed by atoms with Crippen LogP contribution in [0.2, 0.25) is 0 Å². The third kappa shape index (κ3) is 2.10. The topological polar surface area (TPSA) is 13.1 Å². The quantitative estimate of drug-likeness (QED) is 0.607. The van der Waals surface area contributed by atoms with Gasteiger partial charge in [-0.2, -0.15) is 0 Å². The Morgan fingerprint density at radius 3 is 2.42 bits per heavy atom. The van der Waals surface area contributed by atoms with E-state index < -0.39 is 0 Å². The minimum absolute atomic E-state index is 0.0217. The summed E-state index contributed by atoms with van der Waals surface area (Å²) in [5.41, 5.74) is 3.49. The monoisotopic (exact) mass is 314 g/mol. The van der Waals surface area contributed by atoms with E-state index in [0.29, 0.717) is 0 Å². The van der Waals surface area contributed by atoms with Crippen molar-refractivity contribution in [1.82, 2.24) is 0 Å². The number of halogens is 1. The van der Waals surface area contributed by atoms with Crippen molar-refractivity contribution < 1.29 is 4.42 Å². The normalized spacial score (nSPS) is 11.9. The molecule has 3 aromatic rings. The first-order valence-corrected chi connectivity index (χ1v) is 7.11. The summed E-state index contributed by atoms with van der Waals surface area (Å²) >= 11 is 3.53. The summed E-state index contributed by atoms with van der Waals surface area (Å²) in [6.45, 7) is 4.50. The zero-order valence-electron chi connectivity index (χ0n) is 11.0. The molecule has 1 nitrogen and oxygen atoms in total. The Hall–Kier alpha value is -1.54. The third-order valence-electron chi connectivity index (χ3n) is 3.74. The van der Waals surface area contributed by atoms with Crippen molar-refractivity contribution in [3.05, 3.63) is 70.4 Å². The molecule has 0 aliphatic rings. The summed E-state index contributed by atoms with van der Waals surface area (Å²) in [5, 5.41) is 1.13. The first-order chi connectivity index (χ1) is 9.09. The van der Waals surface area contributed by atoms with Gasteiger partial charge in [-0.3, -0.25) is 0 Å². The maximum atomic E-state index is 5.48. The van der Waals surface area contributed by atoms with Gasteiger partial charge >= 0.3 is 0 Å². The predicted octanol–water partition coefficient (Wildman–Crippen LogP) is 5.52. The van der Waals surface area contributed by atoms with E-state index in [0.717, 1.165) is 15.4 Å². The molecule has 0 atom stereocenters. The molecule has 19 heavy (non-hydrogen) atoms. The van der Waals surface area contributed by atoms with E-state index in [1.807, 2.05) is 6.07 Å². The summed E-state index contributed by atoms with van der Waals surface area (Å²) in [6.07, 6.45) is 1.74. The molecule has 0 aliphatic carbocycles. The fourth-order valence-electron chi connectivity index (χ4n) is 2.41. The Balaban J connectivity index is 2.15. The van der Waals surface area contributed by atoms with Crippen LogP contribution in [0.15, 0.2) is 63.7 Å². The lowest BCUT2D eigenvalue weighted by Gasteiger charge is -2.26. The molecule has 0 radical (unpaired) electrons. The van der Waals surface area contributed by atoms with Gasteiger partial charge in [0, 0.05) is 10.8 Å². The van der Waals surface area contributed by atoms with E-state index in [9.17, 15) is 0 Å². The minimum atomic E-state index is -0.0217. The Bertz CT molecular complexity index is 710. The molecule has 96 valence electrons. The molecule has 0 saturated carbocycles. The van der Waals surface area contributed by atoms with Gasteiger partial charge in [-0.1, -0.05) is 50.2 Å². The van der Waals surface area contributed by atoms with E-state index in [1.165, 1.54) is 11.1 Å². The minimum Gasteiger partial charge on any atom is -0.463 e. The molecular weight excluding hydrogens is 300 g/mol. The number of rotatable bonds is 2. The molecule has 0 aliphatic heterocycles. The lowest BCUT2D eigenvalue weighted by Crippen LogP contribution is -2.18. The molecule has 0 saturated heterocycles. The van der Waals surface area contributed by atoms with Crippen LogP contribution in [0, 0.1) is 0 Å². The standard InChI is InChI=1S/C17H15BrO/c1-17(2,12-6-4-3-5-7-12)13-8-9-16-14(10-13)15(18)11-19-16/h3-11H,1-2H3. The Morgan fingerprint density at radius 2 is 1.68 bits per heavy atom. The van der Waals surface area contributed by atoms with Crippen LogP contribution in [-0.2, 0) is 5.41 Å². The number of benzene rings is 2. The molecule has 0 amide bonds. The van der Waals surface area contributed by atoms with Crippen molar-refractivity contribution in [1.29, 1.82) is 0 Å². The molecule has 0 spiro atoms. The molecule has 3 rings (SSSR count). The van der Waals surface area contributed by atoms with Gasteiger partial charge in [0.15, 0.2) is 0 Å². The highest BCUT2D eigenvalue weighted by Crippen LogP contribution is 2.35. The van der Waals surface area contributed by atoms with Crippen molar-refractivity contribution in [3.8, 4) is 0 Å². The average molecular weight is 315 g/mol. The molecular formula is C17H15BrO.